The monoisotopic (exact) mass is 659 g/mol. The van der Waals surface area contributed by atoms with Crippen LogP contribution in [0.5, 0.6) is 0 Å². The first kappa shape index (κ1) is 38.7. The van der Waals surface area contributed by atoms with Crippen molar-refractivity contribution in [3.8, 4) is 0 Å². The van der Waals surface area contributed by atoms with Crippen LogP contribution >= 0.6 is 0 Å². The molecule has 0 amide bonds. The van der Waals surface area contributed by atoms with Gasteiger partial charge < -0.3 is 31.0 Å². The maximum absolute atomic E-state index is 12.9. The van der Waals surface area contributed by atoms with Crippen LogP contribution in [0.4, 0.5) is 26.3 Å². The minimum Gasteiger partial charge on any atom is -0.475 e. The van der Waals surface area contributed by atoms with Gasteiger partial charge in [0.05, 0.1) is 18.1 Å². The number of nitrogens with one attached hydrogen (secondary N) is 2. The Bertz CT molecular complexity index is 1480. The maximum atomic E-state index is 12.9. The molecule has 17 heteroatoms. The fourth-order valence-electron chi connectivity index (χ4n) is 3.62. The van der Waals surface area contributed by atoms with Crippen LogP contribution in [-0.2, 0) is 20.9 Å². The number of carbonyl (C=O) groups is 3. The lowest BCUT2D eigenvalue weighted by Crippen LogP contribution is -2.23. The summed E-state index contributed by atoms with van der Waals surface area (Å²) in [6.45, 7) is 2.85. The minimum atomic E-state index is -5.08. The van der Waals surface area contributed by atoms with E-state index in [4.69, 9.17) is 46.8 Å². The molecule has 1 unspecified atom stereocenters. The predicted octanol–water partition coefficient (Wildman–Crippen LogP) is 5.11. The molecule has 0 fully saturated rings. The van der Waals surface area contributed by atoms with Gasteiger partial charge in [0.1, 0.15) is 11.7 Å². The van der Waals surface area contributed by atoms with Gasteiger partial charge in [-0.2, -0.15) is 26.3 Å². The Morgan fingerprint density at radius 2 is 1.43 bits per heavy atom. The molecule has 0 saturated heterocycles. The molecule has 2 aromatic carbocycles. The number of ether oxygens (including phenoxy) is 1. The van der Waals surface area contributed by atoms with Crippen molar-refractivity contribution in [2.45, 2.75) is 44.6 Å². The van der Waals surface area contributed by atoms with Gasteiger partial charge in [-0.3, -0.25) is 10.8 Å². The van der Waals surface area contributed by atoms with Crippen LogP contribution in [0.1, 0.15) is 58.3 Å². The van der Waals surface area contributed by atoms with Crippen LogP contribution < -0.4 is 11.5 Å². The summed E-state index contributed by atoms with van der Waals surface area (Å²) in [6.07, 6.45) is -4.87. The summed E-state index contributed by atoms with van der Waals surface area (Å²) in [5.74, 6) is -6.54. The third-order valence-corrected chi connectivity index (χ3v) is 5.70. The first-order chi connectivity index (χ1) is 21.3. The van der Waals surface area contributed by atoms with E-state index in [1.807, 2.05) is 66.2 Å². The summed E-state index contributed by atoms with van der Waals surface area (Å²) < 4.78 is 70.8. The van der Waals surface area contributed by atoms with Crippen molar-refractivity contribution >= 4 is 29.6 Å². The first-order valence-electron chi connectivity index (χ1n) is 13.1. The third-order valence-electron chi connectivity index (χ3n) is 5.70. The number of rotatable bonds is 10. The highest BCUT2D eigenvalue weighted by atomic mass is 19.4. The van der Waals surface area contributed by atoms with Crippen LogP contribution in [-0.4, -0.2) is 63.3 Å². The molecule has 250 valence electrons. The summed E-state index contributed by atoms with van der Waals surface area (Å²) in [5, 5.41) is 30.1. The van der Waals surface area contributed by atoms with E-state index < -0.39 is 36.2 Å². The van der Waals surface area contributed by atoms with E-state index in [1.54, 1.807) is 12.3 Å². The molecule has 0 aliphatic rings. The number of carbonyl (C=O) groups excluding carboxylic acids is 1. The highest BCUT2D eigenvalue weighted by Crippen LogP contribution is 2.29. The number of carboxylic acid groups (broad SMARTS) is 2. The number of hydrogen-bond donors (Lipinski definition) is 6. The Morgan fingerprint density at radius 3 is 1.89 bits per heavy atom. The van der Waals surface area contributed by atoms with Crippen molar-refractivity contribution < 1.29 is 55.7 Å². The zero-order valence-corrected chi connectivity index (χ0v) is 24.2. The molecule has 0 aliphatic carbocycles. The summed E-state index contributed by atoms with van der Waals surface area (Å²) in [5.41, 5.74) is 15.0. The maximum Gasteiger partial charge on any atom is 0.490 e. The lowest BCUT2D eigenvalue weighted by atomic mass is 9.90. The number of benzene rings is 2. The Labute approximate surface area is 258 Å². The minimum absolute atomic E-state index is 0.000887. The molecule has 0 spiro atoms. The van der Waals surface area contributed by atoms with Gasteiger partial charge in [0.15, 0.2) is 0 Å². The molecule has 0 radical (unpaired) electrons. The normalized spacial score (nSPS) is 11.5. The molecule has 1 atom stereocenters. The number of halogens is 6. The summed E-state index contributed by atoms with van der Waals surface area (Å²) in [4.78, 5) is 30.7. The molecule has 46 heavy (non-hydrogen) atoms. The van der Waals surface area contributed by atoms with E-state index in [0.29, 0.717) is 29.8 Å². The fourth-order valence-corrected chi connectivity index (χ4v) is 3.62. The Morgan fingerprint density at radius 1 is 0.891 bits per heavy atom. The Balaban J connectivity index is 0.000000629. The summed E-state index contributed by atoms with van der Waals surface area (Å²) >= 11 is 0. The Kier molecular flexibility index (Phi) is 14.5. The van der Waals surface area contributed by atoms with Crippen LogP contribution in [0.2, 0.25) is 0 Å². The molecule has 0 saturated carbocycles. The van der Waals surface area contributed by atoms with Crippen molar-refractivity contribution in [3.63, 3.8) is 0 Å². The number of amidine groups is 2. The van der Waals surface area contributed by atoms with Gasteiger partial charge >= 0.3 is 30.3 Å². The number of nitrogens with zero attached hydrogens (tertiary/aromatic N) is 1. The highest BCUT2D eigenvalue weighted by Gasteiger charge is 2.39. The average Bonchev–Trinajstić information content (AvgIpc) is 3.36. The molecule has 0 aliphatic heterocycles. The molecular formula is C29H31F6N5O6. The average molecular weight is 660 g/mol. The van der Waals surface area contributed by atoms with E-state index in [1.165, 1.54) is 0 Å². The molecule has 0 bridgehead atoms. The molecular weight excluding hydrogens is 628 g/mol. The van der Waals surface area contributed by atoms with Crippen LogP contribution in [0, 0.1) is 10.8 Å². The third kappa shape index (κ3) is 12.7. The van der Waals surface area contributed by atoms with Gasteiger partial charge in [-0.25, -0.2) is 14.4 Å². The number of aromatic nitrogens is 1. The van der Waals surface area contributed by atoms with Crippen molar-refractivity contribution in [1.82, 2.24) is 4.57 Å². The van der Waals surface area contributed by atoms with Crippen LogP contribution in [0.25, 0.3) is 0 Å². The lowest BCUT2D eigenvalue weighted by molar-refractivity contribution is -0.193. The van der Waals surface area contributed by atoms with E-state index in [9.17, 15) is 31.1 Å². The molecule has 3 aromatic rings. The first-order valence-corrected chi connectivity index (χ1v) is 13.1. The zero-order chi connectivity index (χ0) is 35.2. The van der Waals surface area contributed by atoms with Gasteiger partial charge in [0.25, 0.3) is 0 Å². The number of unbranched alkanes of at least 4 members (excludes halogenated alkanes) is 1. The number of esters is 1. The number of nitrogen functional groups attached to an aromatic ring is 1. The van der Waals surface area contributed by atoms with Crippen molar-refractivity contribution in [2.75, 3.05) is 6.61 Å². The molecule has 3 rings (SSSR count). The summed E-state index contributed by atoms with van der Waals surface area (Å²) in [7, 11) is 0. The largest absolute Gasteiger partial charge is 0.490 e. The van der Waals surface area contributed by atoms with Crippen molar-refractivity contribution in [3.05, 3.63) is 94.8 Å². The number of aliphatic carboxylic acids is 2. The smallest absolute Gasteiger partial charge is 0.475 e. The number of nitrogens with two attached hydrogens (primary N) is 2. The molecule has 1 heterocycles. The second-order valence-electron chi connectivity index (χ2n) is 9.31. The molecule has 11 nitrogen and oxygen atoms in total. The number of alkyl halides is 6. The van der Waals surface area contributed by atoms with Gasteiger partial charge in [-0.05, 0) is 29.2 Å². The van der Waals surface area contributed by atoms with E-state index in [2.05, 4.69) is 0 Å². The Hall–Kier alpha value is -5.35. The quantitative estimate of drug-likeness (QED) is 0.0566. The molecule has 1 aromatic heterocycles. The van der Waals surface area contributed by atoms with Gasteiger partial charge in [-0.1, -0.05) is 61.9 Å². The lowest BCUT2D eigenvalue weighted by Gasteiger charge is -2.16. The van der Waals surface area contributed by atoms with E-state index in [-0.39, 0.29) is 11.7 Å². The SMILES string of the molecule is CCCCOC(=O)c1cn(Cc2cccc(C(=N)N)c2)cc1C(C(=N)N)c1ccccc1.O=C(O)C(F)(F)F.O=C(O)C(F)(F)F. The fraction of sp³-hybridized carbons (Fsp3) is 0.276. The number of hydrogen-bond acceptors (Lipinski definition) is 6. The second-order valence-corrected chi connectivity index (χ2v) is 9.31. The zero-order valence-electron chi connectivity index (χ0n) is 24.2. The van der Waals surface area contributed by atoms with Gasteiger partial charge in [-0.15, -0.1) is 0 Å². The second kappa shape index (κ2) is 17.2. The standard InChI is InChI=1S/C25H29N5O2.2C2HF3O2/c1-2-3-12-32-25(31)21-16-30(14-17-8-7-11-19(13-17)23(26)27)15-20(21)22(24(28)29)18-9-5-4-6-10-18;2*3-2(4,5)1(6)7/h4-11,13,15-16,22H,2-3,12,14H2,1H3,(H3,26,27)(H3,28,29);2*(H,6,7). The summed E-state index contributed by atoms with van der Waals surface area (Å²) in [6, 6.07) is 16.9. The topological polar surface area (TPSA) is 206 Å². The van der Waals surface area contributed by atoms with Crippen LogP contribution in [0.3, 0.4) is 0 Å². The van der Waals surface area contributed by atoms with Crippen molar-refractivity contribution in [2.24, 2.45) is 11.5 Å². The van der Waals surface area contributed by atoms with Gasteiger partial charge in [0, 0.05) is 24.5 Å². The van der Waals surface area contributed by atoms with E-state index >= 15 is 0 Å². The highest BCUT2D eigenvalue weighted by molar-refractivity contribution is 5.96. The number of carboxylic acids is 2. The van der Waals surface area contributed by atoms with Gasteiger partial charge in [0.2, 0.25) is 0 Å². The van der Waals surface area contributed by atoms with Crippen molar-refractivity contribution in [1.29, 1.82) is 10.8 Å². The van der Waals surface area contributed by atoms with Crippen LogP contribution in [0.15, 0.2) is 67.0 Å². The van der Waals surface area contributed by atoms with E-state index in [0.717, 1.165) is 24.0 Å². The molecule has 8 N–H and O–H groups in total. The predicted molar refractivity (Wildman–Crippen MR) is 154 cm³/mol.